The van der Waals surface area contributed by atoms with Crippen LogP contribution in [0.4, 0.5) is 0 Å². The molecule has 2 aromatic carbocycles. The van der Waals surface area contributed by atoms with E-state index < -0.39 is 0 Å². The first-order valence-corrected chi connectivity index (χ1v) is 6.02. The minimum absolute atomic E-state index is 0.373. The molecule has 3 rings (SSSR count). The molecule has 0 spiro atoms. The van der Waals surface area contributed by atoms with Crippen molar-refractivity contribution < 1.29 is 4.74 Å². The van der Waals surface area contributed by atoms with E-state index in [0.717, 1.165) is 16.9 Å². The van der Waals surface area contributed by atoms with Gasteiger partial charge in [-0.3, -0.25) is 0 Å². The Balaban J connectivity index is 1.79. The summed E-state index contributed by atoms with van der Waals surface area (Å²) in [5.41, 5.74) is 1.95. The van der Waals surface area contributed by atoms with Crippen molar-refractivity contribution in [3.05, 3.63) is 59.4 Å². The van der Waals surface area contributed by atoms with Gasteiger partial charge in [0.05, 0.1) is 16.1 Å². The van der Waals surface area contributed by atoms with Gasteiger partial charge in [0, 0.05) is 0 Å². The number of halogens is 1. The zero-order chi connectivity index (χ0) is 12.4. The number of nitrogens with zero attached hydrogens (tertiary/aromatic N) is 1. The zero-order valence-corrected chi connectivity index (χ0v) is 10.3. The van der Waals surface area contributed by atoms with Gasteiger partial charge < -0.3 is 9.72 Å². The van der Waals surface area contributed by atoms with Crippen LogP contribution in [-0.2, 0) is 6.61 Å². The van der Waals surface area contributed by atoms with E-state index in [9.17, 15) is 0 Å². The van der Waals surface area contributed by atoms with Crippen LogP contribution < -0.4 is 4.74 Å². The standard InChI is InChI=1S/C14H11ClN2O/c15-10-5-1-4-8-13(10)18-9-14-16-11-6-2-3-7-12(11)17-14/h1-8H,9H2,(H,16,17). The van der Waals surface area contributed by atoms with Crippen molar-refractivity contribution in [3.63, 3.8) is 0 Å². The number of aromatic nitrogens is 2. The molecule has 1 aromatic heterocycles. The van der Waals surface area contributed by atoms with Crippen molar-refractivity contribution in [3.8, 4) is 5.75 Å². The summed E-state index contributed by atoms with van der Waals surface area (Å²) in [4.78, 5) is 7.64. The first-order chi connectivity index (χ1) is 8.83. The second kappa shape index (κ2) is 4.70. The molecule has 0 bridgehead atoms. The number of hydrogen-bond acceptors (Lipinski definition) is 2. The Labute approximate surface area is 109 Å². The molecular formula is C14H11ClN2O. The lowest BCUT2D eigenvalue weighted by Gasteiger charge is -2.05. The number of para-hydroxylation sites is 3. The van der Waals surface area contributed by atoms with Crippen LogP contribution in [0.25, 0.3) is 11.0 Å². The molecule has 1 N–H and O–H groups in total. The van der Waals surface area contributed by atoms with Crippen molar-refractivity contribution >= 4 is 22.6 Å². The van der Waals surface area contributed by atoms with Gasteiger partial charge in [0.2, 0.25) is 0 Å². The summed E-state index contributed by atoms with van der Waals surface area (Å²) in [6.45, 7) is 0.373. The summed E-state index contributed by atoms with van der Waals surface area (Å²) in [6, 6.07) is 15.3. The quantitative estimate of drug-likeness (QED) is 0.776. The Morgan fingerprint density at radius 1 is 1.06 bits per heavy atom. The van der Waals surface area contributed by atoms with Gasteiger partial charge in [-0.2, -0.15) is 0 Å². The summed E-state index contributed by atoms with van der Waals surface area (Å²) in [6.07, 6.45) is 0. The Hall–Kier alpha value is -2.00. The van der Waals surface area contributed by atoms with Crippen LogP contribution >= 0.6 is 11.6 Å². The van der Waals surface area contributed by atoms with Gasteiger partial charge in [0.25, 0.3) is 0 Å². The molecule has 1 heterocycles. The number of fused-ring (bicyclic) bond motifs is 1. The van der Waals surface area contributed by atoms with Gasteiger partial charge in [0.1, 0.15) is 18.2 Å². The predicted octanol–water partition coefficient (Wildman–Crippen LogP) is 3.80. The summed E-state index contributed by atoms with van der Waals surface area (Å²) in [7, 11) is 0. The van der Waals surface area contributed by atoms with Crippen LogP contribution in [0.1, 0.15) is 5.82 Å². The van der Waals surface area contributed by atoms with Gasteiger partial charge in [-0.05, 0) is 24.3 Å². The third kappa shape index (κ3) is 2.17. The van der Waals surface area contributed by atoms with E-state index in [1.165, 1.54) is 0 Å². The van der Waals surface area contributed by atoms with Crippen molar-refractivity contribution in [1.29, 1.82) is 0 Å². The molecule has 90 valence electrons. The largest absolute Gasteiger partial charge is 0.484 e. The molecule has 0 unspecified atom stereocenters. The van der Waals surface area contributed by atoms with Gasteiger partial charge in [-0.25, -0.2) is 4.98 Å². The van der Waals surface area contributed by atoms with Crippen molar-refractivity contribution in [1.82, 2.24) is 9.97 Å². The van der Waals surface area contributed by atoms with Gasteiger partial charge >= 0.3 is 0 Å². The van der Waals surface area contributed by atoms with Crippen LogP contribution in [0.3, 0.4) is 0 Å². The maximum atomic E-state index is 6.01. The number of H-pyrrole nitrogens is 1. The molecule has 0 radical (unpaired) electrons. The lowest BCUT2D eigenvalue weighted by molar-refractivity contribution is 0.298. The Kier molecular flexibility index (Phi) is 2.90. The second-order valence-electron chi connectivity index (χ2n) is 3.92. The van der Waals surface area contributed by atoms with E-state index >= 15 is 0 Å². The molecule has 0 amide bonds. The van der Waals surface area contributed by atoms with Crippen molar-refractivity contribution in [2.24, 2.45) is 0 Å². The lowest BCUT2D eigenvalue weighted by Crippen LogP contribution is -1.97. The smallest absolute Gasteiger partial charge is 0.146 e. The molecule has 0 atom stereocenters. The number of benzene rings is 2. The molecule has 18 heavy (non-hydrogen) atoms. The third-order valence-corrected chi connectivity index (χ3v) is 2.95. The predicted molar refractivity (Wildman–Crippen MR) is 71.9 cm³/mol. The zero-order valence-electron chi connectivity index (χ0n) is 9.56. The maximum Gasteiger partial charge on any atom is 0.146 e. The highest BCUT2D eigenvalue weighted by Crippen LogP contribution is 2.24. The van der Waals surface area contributed by atoms with E-state index in [1.54, 1.807) is 6.07 Å². The molecule has 0 saturated carbocycles. The summed E-state index contributed by atoms with van der Waals surface area (Å²) in [5, 5.41) is 0.605. The SMILES string of the molecule is Clc1ccccc1OCc1nc2ccccc2[nH]1. The highest BCUT2D eigenvalue weighted by atomic mass is 35.5. The number of nitrogens with one attached hydrogen (secondary N) is 1. The molecule has 3 aromatic rings. The van der Waals surface area contributed by atoms with Crippen molar-refractivity contribution in [2.75, 3.05) is 0 Å². The fraction of sp³-hybridized carbons (Fsp3) is 0.0714. The molecule has 0 saturated heterocycles. The molecule has 0 aliphatic heterocycles. The highest BCUT2D eigenvalue weighted by Gasteiger charge is 2.04. The van der Waals surface area contributed by atoms with Crippen LogP contribution in [0, 0.1) is 0 Å². The first-order valence-electron chi connectivity index (χ1n) is 5.64. The summed E-state index contributed by atoms with van der Waals surface area (Å²) < 4.78 is 5.63. The van der Waals surface area contributed by atoms with Crippen LogP contribution in [0.2, 0.25) is 5.02 Å². The van der Waals surface area contributed by atoms with E-state index in [1.807, 2.05) is 42.5 Å². The Morgan fingerprint density at radius 2 is 1.83 bits per heavy atom. The maximum absolute atomic E-state index is 6.01. The molecule has 4 heteroatoms. The van der Waals surface area contributed by atoms with Gasteiger partial charge in [-0.1, -0.05) is 35.9 Å². The second-order valence-corrected chi connectivity index (χ2v) is 4.33. The number of rotatable bonds is 3. The minimum Gasteiger partial charge on any atom is -0.484 e. The highest BCUT2D eigenvalue weighted by molar-refractivity contribution is 6.32. The van der Waals surface area contributed by atoms with Crippen LogP contribution in [-0.4, -0.2) is 9.97 Å². The molecule has 3 nitrogen and oxygen atoms in total. The minimum atomic E-state index is 0.373. The molecule has 0 fully saturated rings. The number of hydrogen-bond donors (Lipinski definition) is 1. The van der Waals surface area contributed by atoms with E-state index in [0.29, 0.717) is 17.4 Å². The van der Waals surface area contributed by atoms with Gasteiger partial charge in [0.15, 0.2) is 0 Å². The number of aromatic amines is 1. The summed E-state index contributed by atoms with van der Waals surface area (Å²) >= 11 is 6.01. The summed E-state index contributed by atoms with van der Waals surface area (Å²) in [5.74, 6) is 1.45. The Morgan fingerprint density at radius 3 is 2.67 bits per heavy atom. The van der Waals surface area contributed by atoms with E-state index in [2.05, 4.69) is 9.97 Å². The monoisotopic (exact) mass is 258 g/mol. The fourth-order valence-corrected chi connectivity index (χ4v) is 1.97. The average molecular weight is 259 g/mol. The Bertz CT molecular complexity index is 645. The molecule has 0 aliphatic carbocycles. The van der Waals surface area contributed by atoms with E-state index in [4.69, 9.17) is 16.3 Å². The number of imidazole rings is 1. The lowest BCUT2D eigenvalue weighted by atomic mass is 10.3. The fourth-order valence-electron chi connectivity index (χ4n) is 1.78. The normalized spacial score (nSPS) is 10.7. The van der Waals surface area contributed by atoms with Crippen molar-refractivity contribution in [2.45, 2.75) is 6.61 Å². The van der Waals surface area contributed by atoms with Crippen LogP contribution in [0.5, 0.6) is 5.75 Å². The van der Waals surface area contributed by atoms with E-state index in [-0.39, 0.29) is 0 Å². The van der Waals surface area contributed by atoms with Gasteiger partial charge in [-0.15, -0.1) is 0 Å². The molecular weight excluding hydrogens is 248 g/mol. The molecule has 0 aliphatic rings. The average Bonchev–Trinajstić information content (AvgIpc) is 2.80. The first kappa shape index (κ1) is 11.1. The topological polar surface area (TPSA) is 37.9 Å². The number of ether oxygens (including phenoxy) is 1. The van der Waals surface area contributed by atoms with Crippen LogP contribution in [0.15, 0.2) is 48.5 Å². The third-order valence-electron chi connectivity index (χ3n) is 2.64.